The molecule has 2 aromatic heterocycles. The van der Waals surface area contributed by atoms with Crippen molar-refractivity contribution in [2.45, 2.75) is 59.5 Å². The zero-order chi connectivity index (χ0) is 38.7. The van der Waals surface area contributed by atoms with E-state index in [0.29, 0.717) is 11.8 Å². The van der Waals surface area contributed by atoms with Crippen molar-refractivity contribution in [1.29, 1.82) is 0 Å². The number of hydrogen-bond donors (Lipinski definition) is 0. The number of hydrogen-bond acceptors (Lipinski definition) is 3. The number of fused-ring (bicyclic) bond motifs is 4. The van der Waals surface area contributed by atoms with Crippen molar-refractivity contribution in [3.05, 3.63) is 168 Å². The van der Waals surface area contributed by atoms with Gasteiger partial charge < -0.3 is 14.4 Å². The number of nitrogens with zero attached hydrogens (tertiary/aromatic N) is 4. The van der Waals surface area contributed by atoms with Gasteiger partial charge in [0.05, 0.1) is 26.1 Å². The molecule has 0 N–H and O–H groups in total. The molecule has 8 aromatic rings. The van der Waals surface area contributed by atoms with Gasteiger partial charge in [0.2, 0.25) is 0 Å². The summed E-state index contributed by atoms with van der Waals surface area (Å²) < 4.78 is 2.33. The average molecular weight is 940 g/mol. The fourth-order valence-electron chi connectivity index (χ4n) is 8.69. The summed E-state index contributed by atoms with van der Waals surface area (Å²) in [6.07, 6.45) is 1.98. The topological polar surface area (TPSA) is 24.3 Å². The maximum atomic E-state index is 5.05. The van der Waals surface area contributed by atoms with E-state index in [1.807, 2.05) is 6.20 Å². The SMILES string of the molecule is Cc1ccccc1N1CN(c2[c-]c([Si](C)(C)c3[c-]c4c(cc3)c3ccccc3n4-c3cc(-c4c(C(C)C)cccc4C(C)C)ccn3)ccc2)c2ccccc21.[Pt+2]. The molecule has 0 atom stereocenters. The van der Waals surface area contributed by atoms with E-state index in [9.17, 15) is 0 Å². The molecule has 9 rings (SSSR count). The van der Waals surface area contributed by atoms with Crippen LogP contribution in [0.1, 0.15) is 56.2 Å². The van der Waals surface area contributed by atoms with Crippen molar-refractivity contribution in [2.75, 3.05) is 16.5 Å². The van der Waals surface area contributed by atoms with Crippen LogP contribution in [0.2, 0.25) is 13.1 Å². The minimum absolute atomic E-state index is 0. The minimum atomic E-state index is -2.30. The molecule has 3 heterocycles. The Morgan fingerprint density at radius 1 is 0.614 bits per heavy atom. The summed E-state index contributed by atoms with van der Waals surface area (Å²) in [6, 6.07) is 56.6. The Labute approximate surface area is 353 Å². The smallest absolute Gasteiger partial charge is 0.345 e. The van der Waals surface area contributed by atoms with Gasteiger partial charge in [-0.15, -0.1) is 11.5 Å². The van der Waals surface area contributed by atoms with Crippen LogP contribution in [0.3, 0.4) is 0 Å². The van der Waals surface area contributed by atoms with Crippen molar-refractivity contribution in [3.63, 3.8) is 0 Å². The van der Waals surface area contributed by atoms with Gasteiger partial charge in [-0.05, 0) is 88.4 Å². The molecule has 286 valence electrons. The molecule has 6 aromatic carbocycles. The second-order valence-corrected chi connectivity index (χ2v) is 20.7. The molecule has 0 spiro atoms. The summed E-state index contributed by atoms with van der Waals surface area (Å²) in [5.74, 6) is 1.72. The van der Waals surface area contributed by atoms with E-state index in [2.05, 4.69) is 208 Å². The van der Waals surface area contributed by atoms with Crippen LogP contribution in [0.5, 0.6) is 0 Å². The monoisotopic (exact) mass is 939 g/mol. The zero-order valence-corrected chi connectivity index (χ0v) is 37.0. The van der Waals surface area contributed by atoms with Crippen LogP contribution in [-0.4, -0.2) is 24.3 Å². The molecule has 6 heteroatoms. The number of benzene rings is 6. The van der Waals surface area contributed by atoms with Gasteiger partial charge >= 0.3 is 21.1 Å². The first-order chi connectivity index (χ1) is 27.1. The molecule has 0 fully saturated rings. The Bertz CT molecular complexity index is 2740. The van der Waals surface area contributed by atoms with E-state index in [0.717, 1.165) is 29.2 Å². The molecule has 0 saturated heterocycles. The summed E-state index contributed by atoms with van der Waals surface area (Å²) >= 11 is 0. The van der Waals surface area contributed by atoms with Gasteiger partial charge in [0.15, 0.2) is 0 Å². The Balaban J connectivity index is 0.00000455. The quantitative estimate of drug-likeness (QED) is 0.112. The summed E-state index contributed by atoms with van der Waals surface area (Å²) in [5.41, 5.74) is 13.5. The minimum Gasteiger partial charge on any atom is -0.345 e. The summed E-state index contributed by atoms with van der Waals surface area (Å²) in [4.78, 5) is 9.88. The maximum Gasteiger partial charge on any atom is 2.00 e. The van der Waals surface area contributed by atoms with Gasteiger partial charge in [-0.1, -0.05) is 119 Å². The second kappa shape index (κ2) is 15.3. The molecular formula is C51H48N4PtSi. The van der Waals surface area contributed by atoms with Crippen LogP contribution in [0, 0.1) is 19.1 Å². The predicted octanol–water partition coefficient (Wildman–Crippen LogP) is 12.1. The van der Waals surface area contributed by atoms with Crippen molar-refractivity contribution < 1.29 is 21.1 Å². The van der Waals surface area contributed by atoms with E-state index in [4.69, 9.17) is 4.98 Å². The molecule has 4 nitrogen and oxygen atoms in total. The fourth-order valence-corrected chi connectivity index (χ4v) is 10.9. The number of para-hydroxylation sites is 4. The average Bonchev–Trinajstić information content (AvgIpc) is 3.77. The molecule has 1 aliphatic heterocycles. The van der Waals surface area contributed by atoms with E-state index >= 15 is 0 Å². The van der Waals surface area contributed by atoms with Crippen molar-refractivity contribution in [1.82, 2.24) is 9.55 Å². The van der Waals surface area contributed by atoms with Crippen LogP contribution >= 0.6 is 0 Å². The van der Waals surface area contributed by atoms with Gasteiger partial charge in [-0.2, -0.15) is 46.8 Å². The molecule has 0 saturated carbocycles. The molecular weight excluding hydrogens is 892 g/mol. The third-order valence-corrected chi connectivity index (χ3v) is 15.1. The van der Waals surface area contributed by atoms with E-state index in [-0.39, 0.29) is 21.1 Å². The van der Waals surface area contributed by atoms with E-state index in [1.165, 1.54) is 66.0 Å². The second-order valence-electron chi connectivity index (χ2n) is 16.4. The van der Waals surface area contributed by atoms with Crippen LogP contribution in [-0.2, 0) is 21.1 Å². The number of aromatic nitrogens is 2. The number of pyridine rings is 1. The summed E-state index contributed by atoms with van der Waals surface area (Å²) in [6.45, 7) is 16.9. The van der Waals surface area contributed by atoms with Gasteiger partial charge in [0, 0.05) is 17.4 Å². The Hall–Kier alpha value is -5.22. The third-order valence-electron chi connectivity index (χ3n) is 11.8. The fraction of sp³-hybridized carbons (Fsp3) is 0.196. The van der Waals surface area contributed by atoms with Crippen LogP contribution in [0.15, 0.2) is 140 Å². The molecule has 0 amide bonds. The van der Waals surface area contributed by atoms with Gasteiger partial charge in [-0.25, -0.2) is 4.98 Å². The van der Waals surface area contributed by atoms with Crippen molar-refractivity contribution >= 4 is 63.0 Å². The first-order valence-electron chi connectivity index (χ1n) is 19.9. The number of rotatable bonds is 8. The first-order valence-corrected chi connectivity index (χ1v) is 22.9. The standard InChI is InChI=1S/C51H48N4Si.Pt/c1-34(2)41-20-15-21-42(35(3)4)51(41)37-28-29-52-50(30-37)55-46-23-11-9-19-43(46)44-27-26-40(32-49(44)55)56(6,7)39-18-14-17-38(31-39)53-33-54(45-22-10-8-16-36(45)5)48-25-13-12-24-47(48)53;/h8-30,34-35H,33H2,1-7H3;/q-2;+2. The van der Waals surface area contributed by atoms with Gasteiger partial charge in [-0.3, -0.25) is 0 Å². The zero-order valence-electron chi connectivity index (χ0n) is 33.7. The molecule has 0 aliphatic carbocycles. The summed E-state index contributed by atoms with van der Waals surface area (Å²) in [7, 11) is -2.30. The molecule has 0 bridgehead atoms. The van der Waals surface area contributed by atoms with Crippen LogP contribution < -0.4 is 20.2 Å². The molecule has 0 radical (unpaired) electrons. The van der Waals surface area contributed by atoms with Gasteiger partial charge in [0.25, 0.3) is 0 Å². The van der Waals surface area contributed by atoms with Crippen LogP contribution in [0.4, 0.5) is 22.7 Å². The Morgan fingerprint density at radius 2 is 1.25 bits per heavy atom. The molecule has 0 unspecified atom stereocenters. The maximum absolute atomic E-state index is 5.05. The normalized spacial score (nSPS) is 12.9. The Morgan fingerprint density at radius 3 is 1.96 bits per heavy atom. The Kier molecular flexibility index (Phi) is 10.3. The van der Waals surface area contributed by atoms with E-state index in [1.54, 1.807) is 0 Å². The molecule has 1 aliphatic rings. The molecule has 57 heavy (non-hydrogen) atoms. The van der Waals surface area contributed by atoms with E-state index < -0.39 is 8.07 Å². The third kappa shape index (κ3) is 6.65. The predicted molar refractivity (Wildman–Crippen MR) is 240 cm³/mol. The van der Waals surface area contributed by atoms with Crippen LogP contribution in [0.25, 0.3) is 38.8 Å². The van der Waals surface area contributed by atoms with Crippen molar-refractivity contribution in [3.8, 4) is 16.9 Å². The van der Waals surface area contributed by atoms with Crippen molar-refractivity contribution in [2.24, 2.45) is 0 Å². The number of anilines is 4. The number of aryl methyl sites for hydroxylation is 1. The van der Waals surface area contributed by atoms with Gasteiger partial charge in [0.1, 0.15) is 5.82 Å². The largest absolute Gasteiger partial charge is 2.00 e. The first kappa shape index (κ1) is 38.6. The summed E-state index contributed by atoms with van der Waals surface area (Å²) in [5, 5.41) is 4.90.